The molecule has 2 aromatic rings. The van der Waals surface area contributed by atoms with Gasteiger partial charge in [-0.3, -0.25) is 4.79 Å². The molecule has 0 spiro atoms. The lowest BCUT2D eigenvalue weighted by molar-refractivity contribution is -0.628. The SMILES string of the molecule is CC(C)=N[N+](=C1NCNC1=O)C(OCc1c(Cl)cccc1Cl)c1ccccc1. The summed E-state index contributed by atoms with van der Waals surface area (Å²) in [5, 5.41) is 11.3. The third-order valence-electron chi connectivity index (χ3n) is 4.01. The number of ether oxygens (including phenoxy) is 1. The van der Waals surface area contributed by atoms with E-state index in [-0.39, 0.29) is 12.5 Å². The van der Waals surface area contributed by atoms with Crippen LogP contribution in [0.2, 0.25) is 10.0 Å². The van der Waals surface area contributed by atoms with Crippen molar-refractivity contribution in [2.75, 3.05) is 6.67 Å². The fourth-order valence-corrected chi connectivity index (χ4v) is 3.26. The second-order valence-corrected chi connectivity index (χ2v) is 7.19. The molecular weight excluding hydrogens is 399 g/mol. The Morgan fingerprint density at radius 1 is 1.11 bits per heavy atom. The second-order valence-electron chi connectivity index (χ2n) is 6.37. The highest BCUT2D eigenvalue weighted by Gasteiger charge is 2.34. The monoisotopic (exact) mass is 419 g/mol. The van der Waals surface area contributed by atoms with Gasteiger partial charge in [0, 0.05) is 21.2 Å². The van der Waals surface area contributed by atoms with Gasteiger partial charge >= 0.3 is 11.7 Å². The van der Waals surface area contributed by atoms with Gasteiger partial charge in [0.2, 0.25) is 0 Å². The summed E-state index contributed by atoms with van der Waals surface area (Å²) in [4.78, 5) is 12.3. The van der Waals surface area contributed by atoms with Gasteiger partial charge in [0.25, 0.3) is 6.23 Å². The Kier molecular flexibility index (Phi) is 6.67. The van der Waals surface area contributed by atoms with Gasteiger partial charge in [-0.05, 0) is 26.0 Å². The number of hydrazone groups is 1. The van der Waals surface area contributed by atoms with Crippen LogP contribution >= 0.6 is 23.2 Å². The van der Waals surface area contributed by atoms with Crippen LogP contribution in [0.25, 0.3) is 0 Å². The number of nitrogens with one attached hydrogen (secondary N) is 2. The fraction of sp³-hybridized carbons (Fsp3) is 0.250. The number of carbonyl (C=O) groups excluding carboxylic acids is 1. The van der Waals surface area contributed by atoms with Gasteiger partial charge < -0.3 is 10.1 Å². The zero-order valence-corrected chi connectivity index (χ0v) is 17.1. The molecule has 1 heterocycles. The molecule has 6 nitrogen and oxygen atoms in total. The predicted molar refractivity (Wildman–Crippen MR) is 111 cm³/mol. The van der Waals surface area contributed by atoms with Crippen LogP contribution in [0.5, 0.6) is 0 Å². The van der Waals surface area contributed by atoms with E-state index in [1.165, 1.54) is 0 Å². The first kappa shape index (κ1) is 20.3. The van der Waals surface area contributed by atoms with Gasteiger partial charge in [-0.25, -0.2) is 5.32 Å². The molecule has 1 amide bonds. The van der Waals surface area contributed by atoms with E-state index in [0.29, 0.717) is 28.1 Å². The topological polar surface area (TPSA) is 65.7 Å². The minimum absolute atomic E-state index is 0.155. The second kappa shape index (κ2) is 9.19. The van der Waals surface area contributed by atoms with E-state index >= 15 is 0 Å². The number of rotatable bonds is 6. The normalized spacial score (nSPS) is 16.2. The molecule has 0 bridgehead atoms. The zero-order valence-electron chi connectivity index (χ0n) is 15.6. The van der Waals surface area contributed by atoms with Crippen molar-refractivity contribution in [3.05, 3.63) is 69.7 Å². The van der Waals surface area contributed by atoms with E-state index in [9.17, 15) is 4.79 Å². The van der Waals surface area contributed by atoms with Crippen molar-refractivity contribution < 1.29 is 14.2 Å². The van der Waals surface area contributed by atoms with E-state index in [0.717, 1.165) is 11.3 Å². The predicted octanol–water partition coefficient (Wildman–Crippen LogP) is 3.69. The van der Waals surface area contributed by atoms with Crippen LogP contribution in [0, 0.1) is 0 Å². The molecule has 1 aliphatic rings. The lowest BCUT2D eigenvalue weighted by Crippen LogP contribution is -2.35. The van der Waals surface area contributed by atoms with Crippen molar-refractivity contribution >= 4 is 40.7 Å². The van der Waals surface area contributed by atoms with Crippen molar-refractivity contribution in [2.24, 2.45) is 5.10 Å². The van der Waals surface area contributed by atoms with Gasteiger partial charge in [-0.15, -0.1) is 0 Å². The molecule has 1 fully saturated rings. The molecule has 0 radical (unpaired) electrons. The molecule has 28 heavy (non-hydrogen) atoms. The lowest BCUT2D eigenvalue weighted by Gasteiger charge is -2.18. The van der Waals surface area contributed by atoms with E-state index in [2.05, 4.69) is 15.7 Å². The summed E-state index contributed by atoms with van der Waals surface area (Å²) in [7, 11) is 0. The molecule has 0 aliphatic carbocycles. The van der Waals surface area contributed by atoms with Gasteiger partial charge in [-0.2, -0.15) is 0 Å². The first-order valence-electron chi connectivity index (χ1n) is 8.77. The number of nitrogens with zero attached hydrogens (tertiary/aromatic N) is 2. The number of benzene rings is 2. The number of amides is 1. The molecule has 0 saturated carbocycles. The molecule has 1 aliphatic heterocycles. The van der Waals surface area contributed by atoms with Crippen LogP contribution in [0.4, 0.5) is 0 Å². The minimum Gasteiger partial charge on any atom is -0.329 e. The Balaban J connectivity index is 2.04. The summed E-state index contributed by atoms with van der Waals surface area (Å²) in [6.07, 6.45) is -0.658. The largest absolute Gasteiger partial charge is 0.365 e. The maximum absolute atomic E-state index is 12.3. The average Bonchev–Trinajstić information content (AvgIpc) is 3.09. The maximum atomic E-state index is 12.3. The molecule has 1 atom stereocenters. The highest BCUT2D eigenvalue weighted by atomic mass is 35.5. The quantitative estimate of drug-likeness (QED) is 0.324. The average molecular weight is 420 g/mol. The summed E-state index contributed by atoms with van der Waals surface area (Å²) >= 11 is 12.6. The number of amidine groups is 1. The van der Waals surface area contributed by atoms with Crippen molar-refractivity contribution in [2.45, 2.75) is 26.7 Å². The van der Waals surface area contributed by atoms with Crippen molar-refractivity contribution in [3.63, 3.8) is 0 Å². The number of carbonyl (C=O) groups is 1. The van der Waals surface area contributed by atoms with Crippen LogP contribution in [0.15, 0.2) is 53.6 Å². The van der Waals surface area contributed by atoms with E-state index < -0.39 is 6.23 Å². The first-order valence-corrected chi connectivity index (χ1v) is 9.52. The van der Waals surface area contributed by atoms with Crippen LogP contribution in [-0.2, 0) is 16.1 Å². The lowest BCUT2D eigenvalue weighted by atomic mass is 10.2. The molecule has 0 aromatic heterocycles. The summed E-state index contributed by atoms with van der Waals surface area (Å²) in [5.41, 5.74) is 2.29. The molecule has 2 N–H and O–H groups in total. The first-order chi connectivity index (χ1) is 13.5. The summed E-state index contributed by atoms with van der Waals surface area (Å²) in [5.74, 6) is 0.0746. The van der Waals surface area contributed by atoms with Crippen LogP contribution < -0.4 is 10.6 Å². The van der Waals surface area contributed by atoms with E-state index in [1.807, 2.05) is 44.2 Å². The van der Waals surface area contributed by atoms with Gasteiger partial charge in [-0.1, -0.05) is 69.4 Å². The number of halogens is 2. The van der Waals surface area contributed by atoms with Crippen LogP contribution in [-0.4, -0.2) is 28.8 Å². The fourth-order valence-electron chi connectivity index (χ4n) is 2.75. The molecule has 1 saturated heterocycles. The Morgan fingerprint density at radius 3 is 2.36 bits per heavy atom. The van der Waals surface area contributed by atoms with Gasteiger partial charge in [0.1, 0.15) is 0 Å². The van der Waals surface area contributed by atoms with Crippen LogP contribution in [0.1, 0.15) is 31.2 Å². The molecule has 1 unspecified atom stereocenters. The highest BCUT2D eigenvalue weighted by Crippen LogP contribution is 2.28. The molecular formula is C20H21Cl2N4O2+. The zero-order chi connectivity index (χ0) is 20.1. The van der Waals surface area contributed by atoms with Gasteiger partial charge in [0.05, 0.1) is 12.3 Å². The third kappa shape index (κ3) is 4.70. The summed E-state index contributed by atoms with van der Waals surface area (Å²) < 4.78 is 7.76. The molecule has 3 rings (SSSR count). The standard InChI is InChI=1S/C20H20Cl2N4O2/c1-13(2)25-26(18-19(27)24-12-23-18)20(14-7-4-3-5-8-14)28-11-15-16(21)9-6-10-17(15)22/h3-10,20H,11-12H2,1-2H3,(H,24,27)/p+1. The molecule has 146 valence electrons. The van der Waals surface area contributed by atoms with E-state index in [1.54, 1.807) is 22.9 Å². The Bertz CT molecular complexity index is 905. The number of hydrogen-bond donors (Lipinski definition) is 2. The molecule has 2 aromatic carbocycles. The van der Waals surface area contributed by atoms with Crippen molar-refractivity contribution in [3.8, 4) is 0 Å². The van der Waals surface area contributed by atoms with Crippen molar-refractivity contribution in [1.29, 1.82) is 0 Å². The minimum atomic E-state index is -0.658. The van der Waals surface area contributed by atoms with E-state index in [4.69, 9.17) is 27.9 Å². The summed E-state index contributed by atoms with van der Waals surface area (Å²) in [6.45, 7) is 4.20. The maximum Gasteiger partial charge on any atom is 0.365 e. The Hall–Kier alpha value is -2.41. The third-order valence-corrected chi connectivity index (χ3v) is 4.72. The Morgan fingerprint density at radius 2 is 1.79 bits per heavy atom. The summed E-state index contributed by atoms with van der Waals surface area (Å²) in [6, 6.07) is 14.9. The highest BCUT2D eigenvalue weighted by molar-refractivity contribution is 6.37. The van der Waals surface area contributed by atoms with Crippen molar-refractivity contribution in [1.82, 2.24) is 10.6 Å². The number of hydrogen-bond acceptors (Lipinski definition) is 3. The molecule has 8 heteroatoms. The smallest absolute Gasteiger partial charge is 0.329 e. The van der Waals surface area contributed by atoms with Gasteiger partial charge in [0.15, 0.2) is 6.67 Å². The Labute approximate surface area is 173 Å². The van der Waals surface area contributed by atoms with Crippen LogP contribution in [0.3, 0.4) is 0 Å².